The molecule has 0 amide bonds. The highest BCUT2D eigenvalue weighted by atomic mass is 19.1. The number of Topliss-reactive ketones (excluding diaryl/α,β-unsaturated/α-hetero) is 1. The second-order valence-electron chi connectivity index (χ2n) is 7.48. The molecule has 146 valence electrons. The molecule has 0 spiro atoms. The minimum absolute atomic E-state index is 0.0633. The van der Waals surface area contributed by atoms with Gasteiger partial charge in [0.05, 0.1) is 11.7 Å². The molecule has 2 N–H and O–H groups in total. The number of hydrogen-bond acceptors (Lipinski definition) is 5. The van der Waals surface area contributed by atoms with E-state index in [0.717, 1.165) is 43.4 Å². The topological polar surface area (TPSA) is 79.5 Å². The molecular weight excluding hydrogens is 359 g/mol. The molecule has 28 heavy (non-hydrogen) atoms. The maximum atomic E-state index is 14.0. The monoisotopic (exact) mass is 382 g/mol. The van der Waals surface area contributed by atoms with Gasteiger partial charge >= 0.3 is 0 Å². The summed E-state index contributed by atoms with van der Waals surface area (Å²) in [5.41, 5.74) is 2.34. The molecule has 1 aromatic carbocycles. The van der Waals surface area contributed by atoms with Crippen molar-refractivity contribution in [1.29, 1.82) is 0 Å². The largest absolute Gasteiger partial charge is 0.393 e. The van der Waals surface area contributed by atoms with Gasteiger partial charge in [-0.2, -0.15) is 4.98 Å². The van der Waals surface area contributed by atoms with E-state index < -0.39 is 5.82 Å². The summed E-state index contributed by atoms with van der Waals surface area (Å²) >= 11 is 0. The standard InChI is InChI=1S/C21H23FN4O2/c1-13(27)18-10-7-15(12-19(18)22)23-21-24-20-4-2-3-16(26(20)25-21)11-14-5-8-17(28)9-6-14/h2-4,7,10,12,14,17,28H,5-6,8-9,11H2,1H3,(H,23,25). The summed E-state index contributed by atoms with van der Waals surface area (Å²) in [6.07, 6.45) is 4.45. The van der Waals surface area contributed by atoms with E-state index in [9.17, 15) is 14.3 Å². The number of hydrogen-bond donors (Lipinski definition) is 2. The van der Waals surface area contributed by atoms with E-state index >= 15 is 0 Å². The van der Waals surface area contributed by atoms with Crippen molar-refractivity contribution >= 4 is 23.1 Å². The van der Waals surface area contributed by atoms with Crippen LogP contribution in [0.2, 0.25) is 0 Å². The van der Waals surface area contributed by atoms with Gasteiger partial charge in [-0.05, 0) is 75.3 Å². The number of nitrogens with zero attached hydrogens (tertiary/aromatic N) is 3. The molecule has 1 fully saturated rings. The predicted octanol–water partition coefficient (Wildman–Crippen LogP) is 3.91. The number of fused-ring (bicyclic) bond motifs is 1. The van der Waals surface area contributed by atoms with Gasteiger partial charge in [0, 0.05) is 11.4 Å². The smallest absolute Gasteiger partial charge is 0.247 e. The fraction of sp³-hybridized carbons (Fsp3) is 0.381. The zero-order valence-corrected chi connectivity index (χ0v) is 15.7. The minimum atomic E-state index is -0.568. The van der Waals surface area contributed by atoms with Crippen LogP contribution in [0, 0.1) is 11.7 Å². The van der Waals surface area contributed by atoms with Crippen LogP contribution in [-0.2, 0) is 6.42 Å². The third-order valence-corrected chi connectivity index (χ3v) is 5.36. The van der Waals surface area contributed by atoms with E-state index in [1.54, 1.807) is 6.07 Å². The number of pyridine rings is 1. The molecule has 1 aliphatic carbocycles. The molecule has 6 nitrogen and oxygen atoms in total. The molecule has 2 heterocycles. The Bertz CT molecular complexity index is 1010. The highest BCUT2D eigenvalue weighted by Gasteiger charge is 2.21. The zero-order valence-electron chi connectivity index (χ0n) is 15.7. The first-order valence-corrected chi connectivity index (χ1v) is 9.60. The lowest BCUT2D eigenvalue weighted by Crippen LogP contribution is -2.20. The van der Waals surface area contributed by atoms with Gasteiger partial charge in [-0.1, -0.05) is 6.07 Å². The maximum Gasteiger partial charge on any atom is 0.247 e. The number of aliphatic hydroxyl groups is 1. The first-order chi connectivity index (χ1) is 13.5. The third kappa shape index (κ3) is 3.89. The number of benzene rings is 1. The summed E-state index contributed by atoms with van der Waals surface area (Å²) in [5.74, 6) is 0.0283. The Kier molecular flexibility index (Phi) is 5.09. The number of ketones is 1. The van der Waals surface area contributed by atoms with E-state index in [0.29, 0.717) is 17.6 Å². The first-order valence-electron chi connectivity index (χ1n) is 9.60. The van der Waals surface area contributed by atoms with E-state index in [1.165, 1.54) is 19.1 Å². The molecule has 0 saturated heterocycles. The van der Waals surface area contributed by atoms with Gasteiger partial charge in [0.1, 0.15) is 5.82 Å². The molecule has 0 bridgehead atoms. The molecule has 0 atom stereocenters. The highest BCUT2D eigenvalue weighted by Crippen LogP contribution is 2.27. The molecule has 7 heteroatoms. The van der Waals surface area contributed by atoms with Crippen LogP contribution in [-0.4, -0.2) is 31.6 Å². The van der Waals surface area contributed by atoms with Gasteiger partial charge in [-0.25, -0.2) is 8.91 Å². The van der Waals surface area contributed by atoms with Crippen molar-refractivity contribution in [2.24, 2.45) is 5.92 Å². The van der Waals surface area contributed by atoms with Crippen molar-refractivity contribution in [3.63, 3.8) is 0 Å². The SMILES string of the molecule is CC(=O)c1ccc(Nc2nc3cccc(CC4CCC(O)CC4)n3n2)cc1F. The van der Waals surface area contributed by atoms with Gasteiger partial charge in [0.2, 0.25) is 5.95 Å². The number of halogens is 1. The van der Waals surface area contributed by atoms with Crippen LogP contribution >= 0.6 is 0 Å². The lowest BCUT2D eigenvalue weighted by atomic mass is 9.84. The summed E-state index contributed by atoms with van der Waals surface area (Å²) in [6.45, 7) is 1.34. The van der Waals surface area contributed by atoms with E-state index in [2.05, 4.69) is 15.4 Å². The van der Waals surface area contributed by atoms with Crippen molar-refractivity contribution < 1.29 is 14.3 Å². The van der Waals surface area contributed by atoms with Crippen molar-refractivity contribution in [3.8, 4) is 0 Å². The zero-order chi connectivity index (χ0) is 19.7. The van der Waals surface area contributed by atoms with E-state index in [4.69, 9.17) is 0 Å². The maximum absolute atomic E-state index is 14.0. The van der Waals surface area contributed by atoms with Crippen LogP contribution < -0.4 is 5.32 Å². The van der Waals surface area contributed by atoms with Gasteiger partial charge in [0.15, 0.2) is 11.4 Å². The van der Waals surface area contributed by atoms with Crippen molar-refractivity contribution in [3.05, 3.63) is 53.5 Å². The van der Waals surface area contributed by atoms with Crippen LogP contribution in [0.15, 0.2) is 36.4 Å². The van der Waals surface area contributed by atoms with Crippen LogP contribution in [0.1, 0.15) is 48.7 Å². The Morgan fingerprint density at radius 2 is 2.04 bits per heavy atom. The van der Waals surface area contributed by atoms with Crippen LogP contribution in [0.25, 0.3) is 5.65 Å². The second-order valence-corrected chi connectivity index (χ2v) is 7.48. The summed E-state index contributed by atoms with van der Waals surface area (Å²) in [7, 11) is 0. The normalized spacial score (nSPS) is 19.7. The first kappa shape index (κ1) is 18.6. The Morgan fingerprint density at radius 3 is 2.75 bits per heavy atom. The Balaban J connectivity index is 1.55. The molecule has 1 aliphatic rings. The third-order valence-electron chi connectivity index (χ3n) is 5.36. The van der Waals surface area contributed by atoms with Crippen LogP contribution in [0.4, 0.5) is 16.0 Å². The minimum Gasteiger partial charge on any atom is -0.393 e. The average molecular weight is 382 g/mol. The van der Waals surface area contributed by atoms with Gasteiger partial charge < -0.3 is 10.4 Å². The van der Waals surface area contributed by atoms with Gasteiger partial charge in [0.25, 0.3) is 0 Å². The lowest BCUT2D eigenvalue weighted by molar-refractivity contribution is 0.101. The van der Waals surface area contributed by atoms with Gasteiger partial charge in [-0.3, -0.25) is 4.79 Å². The second kappa shape index (κ2) is 7.67. The quantitative estimate of drug-likeness (QED) is 0.654. The molecule has 4 rings (SSSR count). The number of nitrogens with one attached hydrogen (secondary N) is 1. The van der Waals surface area contributed by atoms with Gasteiger partial charge in [-0.15, -0.1) is 5.10 Å². The molecule has 0 aliphatic heterocycles. The molecule has 1 saturated carbocycles. The Labute approximate surface area is 162 Å². The van der Waals surface area contributed by atoms with Crippen molar-refractivity contribution in [2.75, 3.05) is 5.32 Å². The summed E-state index contributed by atoms with van der Waals surface area (Å²) in [5, 5.41) is 17.2. The summed E-state index contributed by atoms with van der Waals surface area (Å²) < 4.78 is 15.8. The molecule has 3 aromatic rings. The average Bonchev–Trinajstić information content (AvgIpc) is 3.07. The highest BCUT2D eigenvalue weighted by molar-refractivity contribution is 5.94. The molecule has 2 aromatic heterocycles. The number of aromatic nitrogens is 3. The number of rotatable bonds is 5. The summed E-state index contributed by atoms with van der Waals surface area (Å²) in [6, 6.07) is 10.3. The van der Waals surface area contributed by atoms with Crippen molar-refractivity contribution in [1.82, 2.24) is 14.6 Å². The predicted molar refractivity (Wildman–Crippen MR) is 104 cm³/mol. The van der Waals surface area contributed by atoms with Crippen molar-refractivity contribution in [2.45, 2.75) is 45.1 Å². The Hall–Kier alpha value is -2.80. The molecule has 0 radical (unpaired) electrons. The lowest BCUT2D eigenvalue weighted by Gasteiger charge is -2.25. The number of carbonyl (C=O) groups is 1. The Morgan fingerprint density at radius 1 is 1.25 bits per heavy atom. The molecular formula is C21H23FN4O2. The number of anilines is 2. The van der Waals surface area contributed by atoms with E-state index in [-0.39, 0.29) is 17.5 Å². The number of carbonyl (C=O) groups excluding carboxylic acids is 1. The molecule has 0 unspecified atom stereocenters. The van der Waals surface area contributed by atoms with E-state index in [1.807, 2.05) is 22.7 Å². The fourth-order valence-electron chi connectivity index (χ4n) is 3.82. The number of aliphatic hydroxyl groups excluding tert-OH is 1. The van der Waals surface area contributed by atoms with Crippen LogP contribution in [0.3, 0.4) is 0 Å². The van der Waals surface area contributed by atoms with Crippen LogP contribution in [0.5, 0.6) is 0 Å². The summed E-state index contributed by atoms with van der Waals surface area (Å²) in [4.78, 5) is 15.8. The fourth-order valence-corrected chi connectivity index (χ4v) is 3.82.